The first-order chi connectivity index (χ1) is 7.10. The second kappa shape index (κ2) is 7.98. The molecule has 0 atom stereocenters. The maximum Gasteiger partial charge on any atom is 0.431 e. The van der Waals surface area contributed by atoms with Crippen molar-refractivity contribution < 1.29 is 19.2 Å². The number of hydroxylamine groups is 1. The molecule has 0 aliphatic heterocycles. The van der Waals surface area contributed by atoms with Crippen LogP contribution in [-0.4, -0.2) is 31.5 Å². The van der Waals surface area contributed by atoms with E-state index >= 15 is 0 Å². The molecule has 0 rings (SSSR count). The van der Waals surface area contributed by atoms with Gasteiger partial charge in [-0.2, -0.15) is 0 Å². The highest BCUT2D eigenvalue weighted by Crippen LogP contribution is 2.02. The van der Waals surface area contributed by atoms with Crippen LogP contribution in [0, 0.1) is 0 Å². The van der Waals surface area contributed by atoms with Crippen LogP contribution < -0.4 is 10.8 Å². The zero-order valence-corrected chi connectivity index (χ0v) is 9.48. The Bertz CT molecular complexity index is 245. The monoisotopic (exact) mass is 234 g/mol. The van der Waals surface area contributed by atoms with Crippen molar-refractivity contribution in [3.8, 4) is 0 Å². The van der Waals surface area contributed by atoms with Gasteiger partial charge in [-0.25, -0.2) is 10.3 Å². The molecule has 0 aliphatic rings. The van der Waals surface area contributed by atoms with E-state index in [0.717, 1.165) is 0 Å². The largest absolute Gasteiger partial charge is 0.465 e. The van der Waals surface area contributed by atoms with Gasteiger partial charge in [0.25, 0.3) is 0 Å². The first-order valence-electron chi connectivity index (χ1n) is 4.19. The summed E-state index contributed by atoms with van der Waals surface area (Å²) in [4.78, 5) is 26.2. The smallest absolute Gasteiger partial charge is 0.431 e. The van der Waals surface area contributed by atoms with Crippen molar-refractivity contribution in [2.24, 2.45) is 0 Å². The Morgan fingerprint density at radius 2 is 2.13 bits per heavy atom. The number of carbonyl (C=O) groups is 2. The number of carbonyl (C=O) groups excluding carboxylic acids is 2. The van der Waals surface area contributed by atoms with Gasteiger partial charge >= 0.3 is 12.1 Å². The number of nitrogens with one attached hydrogen (secondary N) is 2. The number of amides is 1. The molecule has 0 saturated carbocycles. The molecule has 0 aliphatic carbocycles. The summed E-state index contributed by atoms with van der Waals surface area (Å²) in [6.07, 6.45) is 1.01. The van der Waals surface area contributed by atoms with Crippen LogP contribution in [0.25, 0.3) is 0 Å². The van der Waals surface area contributed by atoms with Crippen LogP contribution in [0.2, 0.25) is 0 Å². The minimum absolute atomic E-state index is 0.222. The predicted octanol–water partition coefficient (Wildman–Crippen LogP) is 0.615. The zero-order chi connectivity index (χ0) is 11.7. The summed E-state index contributed by atoms with van der Waals surface area (Å²) in [5, 5.41) is 2.69. The third-order valence-corrected chi connectivity index (χ3v) is 1.76. The summed E-state index contributed by atoms with van der Waals surface area (Å²) in [5.74, 6) is -0.516. The minimum Gasteiger partial charge on any atom is -0.465 e. The Kier molecular flexibility index (Phi) is 7.25. The van der Waals surface area contributed by atoms with Crippen molar-refractivity contribution in [3.05, 3.63) is 11.6 Å². The van der Waals surface area contributed by atoms with Crippen LogP contribution in [0.5, 0.6) is 0 Å². The van der Waals surface area contributed by atoms with E-state index in [-0.39, 0.29) is 13.2 Å². The van der Waals surface area contributed by atoms with Crippen LogP contribution in [-0.2, 0) is 14.4 Å². The quantitative estimate of drug-likeness (QED) is 0.518. The lowest BCUT2D eigenvalue weighted by atomic mass is 10.6. The predicted molar refractivity (Wildman–Crippen MR) is 56.9 cm³/mol. The van der Waals surface area contributed by atoms with Crippen LogP contribution in [0.1, 0.15) is 6.92 Å². The highest BCUT2D eigenvalue weighted by atomic mass is 32.2. The second-order valence-electron chi connectivity index (χ2n) is 2.28. The fraction of sp³-hybridized carbons (Fsp3) is 0.500. The van der Waals surface area contributed by atoms with Crippen LogP contribution in [0.4, 0.5) is 4.79 Å². The molecular formula is C8H14N2O4S. The standard InChI is InChI=1S/C8H14N2O4S/c1-4-13-7(11)5-9-8(12)14-10-6(2)15-3/h10H,2,4-5H2,1,3H3,(H,9,12). The summed E-state index contributed by atoms with van der Waals surface area (Å²) in [6.45, 7) is 5.26. The minimum atomic E-state index is -0.766. The summed E-state index contributed by atoms with van der Waals surface area (Å²) in [5.41, 5.74) is 2.29. The van der Waals surface area contributed by atoms with Crippen LogP contribution in [0.15, 0.2) is 11.6 Å². The van der Waals surface area contributed by atoms with Crippen molar-refractivity contribution in [1.29, 1.82) is 0 Å². The first-order valence-corrected chi connectivity index (χ1v) is 5.41. The van der Waals surface area contributed by atoms with Gasteiger partial charge in [-0.1, -0.05) is 6.58 Å². The Morgan fingerprint density at radius 3 is 2.67 bits per heavy atom. The van der Waals surface area contributed by atoms with Gasteiger partial charge in [0.1, 0.15) is 6.54 Å². The average Bonchev–Trinajstić information content (AvgIpc) is 2.23. The normalized spacial score (nSPS) is 8.93. The second-order valence-corrected chi connectivity index (χ2v) is 3.18. The molecule has 0 spiro atoms. The molecule has 0 aromatic carbocycles. The maximum absolute atomic E-state index is 10.9. The number of ether oxygens (including phenoxy) is 1. The van der Waals surface area contributed by atoms with E-state index in [1.165, 1.54) is 11.8 Å². The number of thioether (sulfide) groups is 1. The fourth-order valence-electron chi connectivity index (χ4n) is 0.537. The molecule has 0 radical (unpaired) electrons. The number of hydrogen-bond acceptors (Lipinski definition) is 6. The highest BCUT2D eigenvalue weighted by molar-refractivity contribution is 8.02. The summed E-state index contributed by atoms with van der Waals surface area (Å²) in [7, 11) is 0. The third kappa shape index (κ3) is 7.68. The molecule has 86 valence electrons. The van der Waals surface area contributed by atoms with Gasteiger partial charge in [-0.3, -0.25) is 4.79 Å². The first kappa shape index (κ1) is 13.6. The molecule has 2 N–H and O–H groups in total. The molecule has 0 unspecified atom stereocenters. The van der Waals surface area contributed by atoms with Gasteiger partial charge in [0, 0.05) is 0 Å². The topological polar surface area (TPSA) is 76.7 Å². The molecule has 7 heteroatoms. The average molecular weight is 234 g/mol. The molecule has 0 aromatic heterocycles. The van der Waals surface area contributed by atoms with Crippen molar-refractivity contribution in [1.82, 2.24) is 10.8 Å². The number of rotatable bonds is 6. The van der Waals surface area contributed by atoms with E-state index in [1.807, 2.05) is 0 Å². The lowest BCUT2D eigenvalue weighted by molar-refractivity contribution is -0.141. The Labute approximate surface area is 92.3 Å². The van der Waals surface area contributed by atoms with Crippen LogP contribution in [0.3, 0.4) is 0 Å². The van der Waals surface area contributed by atoms with Gasteiger partial charge in [-0.15, -0.1) is 11.8 Å². The van der Waals surface area contributed by atoms with Gasteiger partial charge in [0.15, 0.2) is 0 Å². The molecule has 0 bridgehead atoms. The molecule has 0 fully saturated rings. The highest BCUT2D eigenvalue weighted by Gasteiger charge is 2.06. The molecule has 15 heavy (non-hydrogen) atoms. The lowest BCUT2D eigenvalue weighted by Crippen LogP contribution is -2.34. The lowest BCUT2D eigenvalue weighted by Gasteiger charge is -2.07. The molecule has 6 nitrogen and oxygen atoms in total. The summed E-state index contributed by atoms with van der Waals surface area (Å²) < 4.78 is 4.59. The van der Waals surface area contributed by atoms with E-state index in [2.05, 4.69) is 27.0 Å². The Balaban J connectivity index is 3.57. The van der Waals surface area contributed by atoms with Crippen molar-refractivity contribution in [3.63, 3.8) is 0 Å². The van der Waals surface area contributed by atoms with Crippen molar-refractivity contribution >= 4 is 23.8 Å². The Morgan fingerprint density at radius 1 is 1.47 bits per heavy atom. The SMILES string of the molecule is C=C(NOC(=O)NCC(=O)OCC)SC. The van der Waals surface area contributed by atoms with E-state index in [4.69, 9.17) is 0 Å². The van der Waals surface area contributed by atoms with Crippen molar-refractivity contribution in [2.45, 2.75) is 6.92 Å². The van der Waals surface area contributed by atoms with E-state index in [9.17, 15) is 9.59 Å². The molecule has 0 aromatic rings. The Hall–Kier alpha value is -1.37. The third-order valence-electron chi connectivity index (χ3n) is 1.19. The number of esters is 1. The van der Waals surface area contributed by atoms with Gasteiger partial charge in [0.05, 0.1) is 11.6 Å². The number of hydrogen-bond donors (Lipinski definition) is 2. The molecule has 0 heterocycles. The molecule has 1 amide bonds. The molecular weight excluding hydrogens is 220 g/mol. The van der Waals surface area contributed by atoms with Crippen molar-refractivity contribution in [2.75, 3.05) is 19.4 Å². The fourth-order valence-corrected chi connectivity index (χ4v) is 0.662. The van der Waals surface area contributed by atoms with Crippen LogP contribution >= 0.6 is 11.8 Å². The van der Waals surface area contributed by atoms with E-state index < -0.39 is 12.1 Å². The summed E-state index contributed by atoms with van der Waals surface area (Å²) >= 11 is 1.30. The van der Waals surface area contributed by atoms with E-state index in [1.54, 1.807) is 13.2 Å². The van der Waals surface area contributed by atoms with Gasteiger partial charge < -0.3 is 14.9 Å². The van der Waals surface area contributed by atoms with E-state index in [0.29, 0.717) is 5.03 Å². The molecule has 0 saturated heterocycles. The van der Waals surface area contributed by atoms with Gasteiger partial charge in [-0.05, 0) is 13.2 Å². The summed E-state index contributed by atoms with van der Waals surface area (Å²) in [6, 6.07) is 0. The maximum atomic E-state index is 10.9. The zero-order valence-electron chi connectivity index (χ0n) is 8.66. The van der Waals surface area contributed by atoms with Gasteiger partial charge in [0.2, 0.25) is 0 Å².